The number of carbonyl (C=O) groups is 1. The average molecular weight is 362 g/mol. The fourth-order valence-corrected chi connectivity index (χ4v) is 2.74. The van der Waals surface area contributed by atoms with Gasteiger partial charge >= 0.3 is 6.03 Å². The van der Waals surface area contributed by atoms with Gasteiger partial charge in [-0.1, -0.05) is 0 Å². The Hall–Kier alpha value is -3.23. The van der Waals surface area contributed by atoms with Crippen LogP contribution in [0.2, 0.25) is 0 Å². The molecule has 0 aliphatic carbocycles. The molecule has 1 fully saturated rings. The summed E-state index contributed by atoms with van der Waals surface area (Å²) in [6, 6.07) is 8.55. The van der Waals surface area contributed by atoms with Gasteiger partial charge in [-0.2, -0.15) is 0 Å². The van der Waals surface area contributed by atoms with Crippen LogP contribution in [0.15, 0.2) is 42.5 Å². The van der Waals surface area contributed by atoms with Gasteiger partial charge in [-0.3, -0.25) is 10.1 Å². The Morgan fingerprint density at radius 3 is 2.31 bits per heavy atom. The molecule has 1 heterocycles. The summed E-state index contributed by atoms with van der Waals surface area (Å²) in [4.78, 5) is 26.0. The Labute approximate surface area is 148 Å². The minimum absolute atomic E-state index is 0.0175. The number of piperazine rings is 1. The molecule has 136 valence electrons. The third kappa shape index (κ3) is 3.88. The van der Waals surface area contributed by atoms with Crippen LogP contribution >= 0.6 is 0 Å². The Balaban J connectivity index is 1.58. The third-order valence-corrected chi connectivity index (χ3v) is 4.16. The molecule has 0 radical (unpaired) electrons. The van der Waals surface area contributed by atoms with E-state index in [1.807, 2.05) is 4.90 Å². The smallest absolute Gasteiger partial charge is 0.322 e. The molecule has 9 heteroatoms. The molecule has 0 saturated carbocycles. The monoisotopic (exact) mass is 362 g/mol. The highest BCUT2D eigenvalue weighted by Gasteiger charge is 2.22. The van der Waals surface area contributed by atoms with Crippen molar-refractivity contribution in [2.45, 2.75) is 0 Å². The summed E-state index contributed by atoms with van der Waals surface area (Å²) in [6.45, 7) is 1.83. The number of anilines is 2. The molecule has 7 nitrogen and oxygen atoms in total. The van der Waals surface area contributed by atoms with Gasteiger partial charge in [-0.05, 0) is 24.3 Å². The summed E-state index contributed by atoms with van der Waals surface area (Å²) >= 11 is 0. The van der Waals surface area contributed by atoms with Crippen LogP contribution in [0.3, 0.4) is 0 Å². The Bertz CT molecular complexity index is 821. The van der Waals surface area contributed by atoms with Crippen molar-refractivity contribution in [1.82, 2.24) is 4.90 Å². The van der Waals surface area contributed by atoms with Crippen molar-refractivity contribution >= 4 is 23.1 Å². The normalized spacial score (nSPS) is 14.2. The van der Waals surface area contributed by atoms with Gasteiger partial charge < -0.3 is 15.1 Å². The molecule has 2 aromatic rings. The van der Waals surface area contributed by atoms with Crippen molar-refractivity contribution in [3.05, 3.63) is 64.2 Å². The van der Waals surface area contributed by atoms with Gasteiger partial charge in [0, 0.05) is 50.1 Å². The summed E-state index contributed by atoms with van der Waals surface area (Å²) in [5, 5.41) is 13.1. The molecule has 0 bridgehead atoms. The maximum Gasteiger partial charge on any atom is 0.322 e. The van der Waals surface area contributed by atoms with Gasteiger partial charge in [0.15, 0.2) is 0 Å². The molecule has 1 N–H and O–H groups in total. The number of non-ortho nitro benzene ring substituents is 1. The van der Waals surface area contributed by atoms with Crippen LogP contribution in [0.4, 0.5) is 30.6 Å². The second-order valence-electron chi connectivity index (χ2n) is 5.80. The van der Waals surface area contributed by atoms with Gasteiger partial charge in [-0.25, -0.2) is 13.6 Å². The number of hydrogen-bond acceptors (Lipinski definition) is 4. The van der Waals surface area contributed by atoms with Gasteiger partial charge in [0.25, 0.3) is 5.69 Å². The van der Waals surface area contributed by atoms with E-state index in [-0.39, 0.29) is 11.4 Å². The number of rotatable bonds is 3. The zero-order chi connectivity index (χ0) is 18.7. The highest BCUT2D eigenvalue weighted by atomic mass is 19.1. The van der Waals surface area contributed by atoms with E-state index < -0.39 is 22.6 Å². The van der Waals surface area contributed by atoms with Crippen molar-refractivity contribution in [3.8, 4) is 0 Å². The fraction of sp³-hybridized carbons (Fsp3) is 0.235. The standard InChI is InChI=1S/C17H16F2N4O3/c18-12-1-6-15(19)16(11-12)20-17(24)22-9-7-21(8-10-22)13-2-4-14(5-3-13)23(25)26/h1-6,11H,7-10H2,(H,20,24). The van der Waals surface area contributed by atoms with E-state index in [4.69, 9.17) is 0 Å². The van der Waals surface area contributed by atoms with Crippen LogP contribution in [-0.2, 0) is 0 Å². The molecular formula is C17H16F2N4O3. The molecule has 2 amide bonds. The predicted octanol–water partition coefficient (Wildman–Crippen LogP) is 3.23. The number of halogens is 2. The van der Waals surface area contributed by atoms with Gasteiger partial charge in [-0.15, -0.1) is 0 Å². The summed E-state index contributed by atoms with van der Waals surface area (Å²) in [6.07, 6.45) is 0. The first-order valence-electron chi connectivity index (χ1n) is 7.94. The summed E-state index contributed by atoms with van der Waals surface area (Å²) < 4.78 is 26.8. The molecule has 3 rings (SSSR count). The molecule has 0 atom stereocenters. The lowest BCUT2D eigenvalue weighted by Crippen LogP contribution is -2.50. The number of nitrogens with zero attached hydrogens (tertiary/aromatic N) is 3. The van der Waals surface area contributed by atoms with Crippen molar-refractivity contribution in [3.63, 3.8) is 0 Å². The Kier molecular flexibility index (Phi) is 4.97. The van der Waals surface area contributed by atoms with Gasteiger partial charge in [0.1, 0.15) is 11.6 Å². The predicted molar refractivity (Wildman–Crippen MR) is 92.3 cm³/mol. The van der Waals surface area contributed by atoms with Crippen molar-refractivity contribution in [2.75, 3.05) is 36.4 Å². The first kappa shape index (κ1) is 17.6. The van der Waals surface area contributed by atoms with Crippen molar-refractivity contribution < 1.29 is 18.5 Å². The van der Waals surface area contributed by atoms with E-state index in [1.165, 1.54) is 17.0 Å². The molecule has 1 aliphatic rings. The van der Waals surface area contributed by atoms with E-state index in [0.29, 0.717) is 26.2 Å². The zero-order valence-electron chi connectivity index (χ0n) is 13.7. The lowest BCUT2D eigenvalue weighted by Gasteiger charge is -2.36. The van der Waals surface area contributed by atoms with Crippen LogP contribution in [0.1, 0.15) is 0 Å². The minimum Gasteiger partial charge on any atom is -0.368 e. The number of nitrogens with one attached hydrogen (secondary N) is 1. The quantitative estimate of drug-likeness (QED) is 0.672. The summed E-state index contributed by atoms with van der Waals surface area (Å²) in [5.74, 6) is -1.34. The van der Waals surface area contributed by atoms with Crippen LogP contribution in [0, 0.1) is 21.7 Å². The molecule has 1 aliphatic heterocycles. The van der Waals surface area contributed by atoms with E-state index >= 15 is 0 Å². The minimum atomic E-state index is -0.704. The topological polar surface area (TPSA) is 78.7 Å². The molecular weight excluding hydrogens is 346 g/mol. The summed E-state index contributed by atoms with van der Waals surface area (Å²) in [7, 11) is 0. The van der Waals surface area contributed by atoms with E-state index in [0.717, 1.165) is 23.9 Å². The van der Waals surface area contributed by atoms with Crippen LogP contribution < -0.4 is 10.2 Å². The average Bonchev–Trinajstić information content (AvgIpc) is 2.65. The number of carbonyl (C=O) groups excluding carboxylic acids is 1. The van der Waals surface area contributed by atoms with Gasteiger partial charge in [0.05, 0.1) is 10.6 Å². The number of urea groups is 1. The maximum atomic E-state index is 13.6. The lowest BCUT2D eigenvalue weighted by molar-refractivity contribution is -0.384. The van der Waals surface area contributed by atoms with Gasteiger partial charge in [0.2, 0.25) is 0 Å². The lowest BCUT2D eigenvalue weighted by atomic mass is 10.2. The van der Waals surface area contributed by atoms with E-state index in [2.05, 4.69) is 5.32 Å². The van der Waals surface area contributed by atoms with Crippen molar-refractivity contribution in [1.29, 1.82) is 0 Å². The first-order valence-corrected chi connectivity index (χ1v) is 7.94. The number of nitro benzene ring substituents is 1. The fourth-order valence-electron chi connectivity index (χ4n) is 2.74. The van der Waals surface area contributed by atoms with Crippen LogP contribution in [0.5, 0.6) is 0 Å². The number of amides is 2. The SMILES string of the molecule is O=C(Nc1cc(F)ccc1F)N1CCN(c2ccc([N+](=O)[O-])cc2)CC1. The molecule has 0 spiro atoms. The van der Waals surface area contributed by atoms with Crippen LogP contribution in [0.25, 0.3) is 0 Å². The molecule has 2 aromatic carbocycles. The maximum absolute atomic E-state index is 13.6. The van der Waals surface area contributed by atoms with E-state index in [1.54, 1.807) is 12.1 Å². The van der Waals surface area contributed by atoms with Crippen LogP contribution in [-0.4, -0.2) is 42.0 Å². The second-order valence-corrected chi connectivity index (χ2v) is 5.80. The summed E-state index contributed by atoms with van der Waals surface area (Å²) in [5.41, 5.74) is 0.642. The molecule has 26 heavy (non-hydrogen) atoms. The Morgan fingerprint density at radius 2 is 1.69 bits per heavy atom. The first-order chi connectivity index (χ1) is 12.4. The molecule has 0 aromatic heterocycles. The largest absolute Gasteiger partial charge is 0.368 e. The second kappa shape index (κ2) is 7.34. The zero-order valence-corrected chi connectivity index (χ0v) is 13.7. The Morgan fingerprint density at radius 1 is 1.04 bits per heavy atom. The highest BCUT2D eigenvalue weighted by Crippen LogP contribution is 2.21. The highest BCUT2D eigenvalue weighted by molar-refractivity contribution is 5.89. The third-order valence-electron chi connectivity index (χ3n) is 4.16. The number of nitro groups is 1. The molecule has 1 saturated heterocycles. The van der Waals surface area contributed by atoms with E-state index in [9.17, 15) is 23.7 Å². The molecule has 0 unspecified atom stereocenters. The van der Waals surface area contributed by atoms with Crippen molar-refractivity contribution in [2.24, 2.45) is 0 Å². The number of hydrogen-bond donors (Lipinski definition) is 1. The number of benzene rings is 2.